The molecule has 0 spiro atoms. The predicted molar refractivity (Wildman–Crippen MR) is 103 cm³/mol. The largest absolute Gasteiger partial charge is 0.481 e. The van der Waals surface area contributed by atoms with Crippen LogP contribution in [0.15, 0.2) is 30.3 Å². The van der Waals surface area contributed by atoms with Crippen LogP contribution in [0.3, 0.4) is 0 Å². The van der Waals surface area contributed by atoms with Gasteiger partial charge in [-0.15, -0.1) is 0 Å². The van der Waals surface area contributed by atoms with Crippen molar-refractivity contribution in [2.75, 3.05) is 19.6 Å². The molecular formula is C21H30N2O4. The summed E-state index contributed by atoms with van der Waals surface area (Å²) in [5.41, 5.74) is 0.705. The number of carbonyl (C=O) groups excluding carboxylic acids is 2. The molecule has 0 aromatic heterocycles. The number of aliphatic carboxylic acids is 1. The van der Waals surface area contributed by atoms with Crippen LogP contribution < -0.4 is 0 Å². The first-order chi connectivity index (χ1) is 13.0. The third-order valence-corrected chi connectivity index (χ3v) is 5.03. The molecule has 1 heterocycles. The summed E-state index contributed by atoms with van der Waals surface area (Å²) >= 11 is 0. The Kier molecular flexibility index (Phi) is 8.30. The fraction of sp³-hybridized carbons (Fsp3) is 0.571. The Morgan fingerprint density at radius 2 is 1.70 bits per heavy atom. The van der Waals surface area contributed by atoms with E-state index in [4.69, 9.17) is 5.11 Å². The molecule has 0 aliphatic carbocycles. The first-order valence-electron chi connectivity index (χ1n) is 9.88. The van der Waals surface area contributed by atoms with Crippen molar-refractivity contribution in [1.82, 2.24) is 9.80 Å². The molecule has 6 nitrogen and oxygen atoms in total. The predicted octanol–water partition coefficient (Wildman–Crippen LogP) is 3.17. The Morgan fingerprint density at radius 1 is 1.07 bits per heavy atom. The average Bonchev–Trinajstić information content (AvgIpc) is 2.69. The van der Waals surface area contributed by atoms with E-state index in [1.165, 1.54) is 0 Å². The number of hydrogen-bond acceptors (Lipinski definition) is 3. The van der Waals surface area contributed by atoms with Gasteiger partial charge in [0.05, 0.1) is 0 Å². The number of unbranched alkanes of at least 4 members (excludes halogenated alkanes) is 1. The van der Waals surface area contributed by atoms with Crippen LogP contribution in [-0.4, -0.2) is 58.4 Å². The number of benzene rings is 1. The highest BCUT2D eigenvalue weighted by Crippen LogP contribution is 2.20. The van der Waals surface area contributed by atoms with Gasteiger partial charge in [-0.3, -0.25) is 14.4 Å². The molecular weight excluding hydrogens is 344 g/mol. The third kappa shape index (κ3) is 6.38. The quantitative estimate of drug-likeness (QED) is 0.674. The van der Waals surface area contributed by atoms with E-state index in [0.717, 1.165) is 25.8 Å². The van der Waals surface area contributed by atoms with E-state index in [9.17, 15) is 14.4 Å². The molecule has 2 rings (SSSR count). The highest BCUT2D eigenvalue weighted by molar-refractivity contribution is 5.94. The Bertz CT molecular complexity index is 624. The molecule has 1 aromatic carbocycles. The number of nitrogens with zero attached hydrogens (tertiary/aromatic N) is 2. The van der Waals surface area contributed by atoms with E-state index in [1.54, 1.807) is 0 Å². The van der Waals surface area contributed by atoms with Gasteiger partial charge in [0.1, 0.15) is 0 Å². The second-order valence-corrected chi connectivity index (χ2v) is 7.08. The molecule has 0 atom stereocenters. The van der Waals surface area contributed by atoms with Gasteiger partial charge in [0.25, 0.3) is 5.91 Å². The van der Waals surface area contributed by atoms with Crippen LogP contribution in [0.1, 0.15) is 62.2 Å². The third-order valence-electron chi connectivity index (χ3n) is 5.03. The number of rotatable bonds is 9. The SMILES string of the molecule is CCCN(C(=O)CCCCC(=O)O)C1CCN(C(=O)c2ccccc2)CC1. The zero-order valence-corrected chi connectivity index (χ0v) is 16.1. The molecule has 1 N–H and O–H groups in total. The van der Waals surface area contributed by atoms with E-state index in [2.05, 4.69) is 6.92 Å². The van der Waals surface area contributed by atoms with Gasteiger partial charge < -0.3 is 14.9 Å². The fourth-order valence-electron chi connectivity index (χ4n) is 3.59. The standard InChI is InChI=1S/C21H30N2O4/c1-2-14-23(19(24)10-6-7-11-20(25)26)18-12-15-22(16-13-18)21(27)17-8-4-3-5-9-17/h3-5,8-9,18H,2,6-7,10-16H2,1H3,(H,25,26). The number of carboxylic acids is 1. The Labute approximate surface area is 161 Å². The molecule has 2 amide bonds. The molecule has 27 heavy (non-hydrogen) atoms. The summed E-state index contributed by atoms with van der Waals surface area (Å²) in [6.07, 6.45) is 4.13. The molecule has 1 fully saturated rings. The normalized spacial score (nSPS) is 14.8. The lowest BCUT2D eigenvalue weighted by atomic mass is 10.0. The number of hydrogen-bond donors (Lipinski definition) is 1. The molecule has 0 unspecified atom stereocenters. The van der Waals surface area contributed by atoms with Crippen LogP contribution in [0.4, 0.5) is 0 Å². The average molecular weight is 374 g/mol. The lowest BCUT2D eigenvalue weighted by Crippen LogP contribution is -2.49. The summed E-state index contributed by atoms with van der Waals surface area (Å²) in [4.78, 5) is 39.6. The minimum Gasteiger partial charge on any atom is -0.481 e. The van der Waals surface area contributed by atoms with Gasteiger partial charge in [-0.2, -0.15) is 0 Å². The van der Waals surface area contributed by atoms with Crippen molar-refractivity contribution in [3.05, 3.63) is 35.9 Å². The minimum absolute atomic E-state index is 0.0519. The Morgan fingerprint density at radius 3 is 2.30 bits per heavy atom. The fourth-order valence-corrected chi connectivity index (χ4v) is 3.59. The molecule has 0 bridgehead atoms. The maximum absolute atomic E-state index is 12.6. The molecule has 1 aliphatic rings. The van der Waals surface area contributed by atoms with Crippen molar-refractivity contribution < 1.29 is 19.5 Å². The zero-order valence-electron chi connectivity index (χ0n) is 16.1. The number of carboxylic acid groups (broad SMARTS) is 1. The van der Waals surface area contributed by atoms with Crippen molar-refractivity contribution in [3.8, 4) is 0 Å². The summed E-state index contributed by atoms with van der Waals surface area (Å²) < 4.78 is 0. The van der Waals surface area contributed by atoms with Gasteiger partial charge in [0.15, 0.2) is 0 Å². The Hall–Kier alpha value is -2.37. The van der Waals surface area contributed by atoms with Gasteiger partial charge in [0, 0.05) is 44.1 Å². The topological polar surface area (TPSA) is 77.9 Å². The molecule has 0 radical (unpaired) electrons. The van der Waals surface area contributed by atoms with E-state index in [0.29, 0.717) is 37.9 Å². The van der Waals surface area contributed by atoms with Gasteiger partial charge in [-0.05, 0) is 44.2 Å². The van der Waals surface area contributed by atoms with Crippen LogP contribution in [0.25, 0.3) is 0 Å². The molecule has 0 saturated carbocycles. The summed E-state index contributed by atoms with van der Waals surface area (Å²) in [7, 11) is 0. The van der Waals surface area contributed by atoms with Crippen LogP contribution in [0, 0.1) is 0 Å². The second kappa shape index (κ2) is 10.7. The lowest BCUT2D eigenvalue weighted by Gasteiger charge is -2.38. The Balaban J connectivity index is 1.85. The van der Waals surface area contributed by atoms with E-state index in [-0.39, 0.29) is 24.3 Å². The molecule has 6 heteroatoms. The van der Waals surface area contributed by atoms with Crippen LogP contribution >= 0.6 is 0 Å². The maximum atomic E-state index is 12.6. The summed E-state index contributed by atoms with van der Waals surface area (Å²) in [5.74, 6) is -0.658. The smallest absolute Gasteiger partial charge is 0.303 e. The number of carbonyl (C=O) groups is 3. The molecule has 148 valence electrons. The van der Waals surface area contributed by atoms with E-state index < -0.39 is 5.97 Å². The maximum Gasteiger partial charge on any atom is 0.303 e. The highest BCUT2D eigenvalue weighted by atomic mass is 16.4. The summed E-state index contributed by atoms with van der Waals surface area (Å²) in [6, 6.07) is 9.46. The minimum atomic E-state index is -0.816. The summed E-state index contributed by atoms with van der Waals surface area (Å²) in [5, 5.41) is 8.70. The van der Waals surface area contributed by atoms with Crippen molar-refractivity contribution in [2.24, 2.45) is 0 Å². The first-order valence-corrected chi connectivity index (χ1v) is 9.88. The van der Waals surface area contributed by atoms with Crippen molar-refractivity contribution in [1.29, 1.82) is 0 Å². The molecule has 1 aliphatic heterocycles. The first kappa shape index (κ1) is 20.9. The van der Waals surface area contributed by atoms with Crippen molar-refractivity contribution in [2.45, 2.75) is 57.9 Å². The molecule has 1 aromatic rings. The van der Waals surface area contributed by atoms with Crippen molar-refractivity contribution in [3.63, 3.8) is 0 Å². The van der Waals surface area contributed by atoms with Gasteiger partial charge in [-0.1, -0.05) is 25.1 Å². The van der Waals surface area contributed by atoms with Crippen LogP contribution in [-0.2, 0) is 9.59 Å². The van der Waals surface area contributed by atoms with Crippen molar-refractivity contribution >= 4 is 17.8 Å². The van der Waals surface area contributed by atoms with Gasteiger partial charge in [-0.25, -0.2) is 0 Å². The van der Waals surface area contributed by atoms with Crippen LogP contribution in [0.2, 0.25) is 0 Å². The lowest BCUT2D eigenvalue weighted by molar-refractivity contribution is -0.138. The number of likely N-dealkylation sites (tertiary alicyclic amines) is 1. The summed E-state index contributed by atoms with van der Waals surface area (Å²) in [6.45, 7) is 4.09. The van der Waals surface area contributed by atoms with E-state index >= 15 is 0 Å². The molecule has 1 saturated heterocycles. The van der Waals surface area contributed by atoms with Gasteiger partial charge in [0.2, 0.25) is 5.91 Å². The second-order valence-electron chi connectivity index (χ2n) is 7.08. The van der Waals surface area contributed by atoms with Gasteiger partial charge >= 0.3 is 5.97 Å². The number of amides is 2. The van der Waals surface area contributed by atoms with Crippen LogP contribution in [0.5, 0.6) is 0 Å². The monoisotopic (exact) mass is 374 g/mol. The zero-order chi connectivity index (χ0) is 19.6. The number of piperidine rings is 1. The highest BCUT2D eigenvalue weighted by Gasteiger charge is 2.29. The van der Waals surface area contributed by atoms with E-state index in [1.807, 2.05) is 40.1 Å².